The summed E-state index contributed by atoms with van der Waals surface area (Å²) in [6.07, 6.45) is 2.90. The number of carbonyl (C=O) groups is 1. The number of carbonyl (C=O) groups excluding carboxylic acids is 1. The number of non-ortho nitro benzene ring substituents is 1. The average molecular weight is 375 g/mol. The van der Waals surface area contributed by atoms with Crippen LogP contribution in [0.3, 0.4) is 0 Å². The molecule has 0 N–H and O–H groups in total. The van der Waals surface area contributed by atoms with Gasteiger partial charge in [-0.15, -0.1) is 0 Å². The van der Waals surface area contributed by atoms with Crippen molar-refractivity contribution >= 4 is 11.6 Å². The Morgan fingerprint density at radius 2 is 1.74 bits per heavy atom. The van der Waals surface area contributed by atoms with E-state index < -0.39 is 0 Å². The van der Waals surface area contributed by atoms with Gasteiger partial charge >= 0.3 is 0 Å². The Bertz CT molecular complexity index is 646. The topological polar surface area (TPSA) is 75.9 Å². The third-order valence-electron chi connectivity index (χ3n) is 5.53. The number of nitrogens with zero attached hydrogens (tertiary/aromatic N) is 3. The second kappa shape index (κ2) is 8.80. The summed E-state index contributed by atoms with van der Waals surface area (Å²) in [6, 6.07) is 6.78. The van der Waals surface area contributed by atoms with E-state index in [0.717, 1.165) is 44.5 Å². The number of piperidine rings is 1. The van der Waals surface area contributed by atoms with Gasteiger partial charge in [-0.05, 0) is 51.8 Å². The van der Waals surface area contributed by atoms with Gasteiger partial charge in [-0.2, -0.15) is 0 Å². The number of rotatable bonds is 5. The van der Waals surface area contributed by atoms with Crippen molar-refractivity contribution in [1.29, 1.82) is 0 Å². The molecule has 0 radical (unpaired) electrons. The molecular formula is C20H29N3O4. The Hall–Kier alpha value is -1.99. The molecule has 2 aliphatic rings. The predicted octanol–water partition coefficient (Wildman–Crippen LogP) is 2.49. The van der Waals surface area contributed by atoms with Gasteiger partial charge in [0.05, 0.1) is 17.1 Å². The molecule has 2 aliphatic heterocycles. The van der Waals surface area contributed by atoms with Crippen molar-refractivity contribution in [3.8, 4) is 0 Å². The monoisotopic (exact) mass is 375 g/mol. The summed E-state index contributed by atoms with van der Waals surface area (Å²) in [5, 5.41) is 10.7. The van der Waals surface area contributed by atoms with E-state index >= 15 is 0 Å². The first-order valence-corrected chi connectivity index (χ1v) is 9.82. The Morgan fingerprint density at radius 1 is 1.15 bits per heavy atom. The van der Waals surface area contributed by atoms with Crippen molar-refractivity contribution in [2.75, 3.05) is 32.7 Å². The van der Waals surface area contributed by atoms with Crippen molar-refractivity contribution in [1.82, 2.24) is 9.80 Å². The van der Waals surface area contributed by atoms with Crippen LogP contribution in [0.5, 0.6) is 0 Å². The molecule has 2 fully saturated rings. The van der Waals surface area contributed by atoms with E-state index in [9.17, 15) is 14.9 Å². The first-order valence-electron chi connectivity index (χ1n) is 9.82. The van der Waals surface area contributed by atoms with Crippen LogP contribution in [0.25, 0.3) is 0 Å². The van der Waals surface area contributed by atoms with Crippen LogP contribution >= 0.6 is 0 Å². The number of benzene rings is 1. The number of hydrogen-bond acceptors (Lipinski definition) is 5. The molecule has 27 heavy (non-hydrogen) atoms. The van der Waals surface area contributed by atoms with Crippen molar-refractivity contribution in [3.63, 3.8) is 0 Å². The number of ether oxygens (including phenoxy) is 1. The van der Waals surface area contributed by atoms with Gasteiger partial charge < -0.3 is 14.5 Å². The van der Waals surface area contributed by atoms with Crippen molar-refractivity contribution in [2.45, 2.75) is 45.3 Å². The molecule has 2 saturated heterocycles. The van der Waals surface area contributed by atoms with Crippen LogP contribution in [0, 0.1) is 16.0 Å². The summed E-state index contributed by atoms with van der Waals surface area (Å²) in [4.78, 5) is 27.5. The normalized spacial score (nSPS) is 24.7. The summed E-state index contributed by atoms with van der Waals surface area (Å²) in [5.74, 6) is 0.408. The lowest BCUT2D eigenvalue weighted by atomic mass is 9.94. The number of nitro groups is 1. The number of morpholine rings is 1. The van der Waals surface area contributed by atoms with Gasteiger partial charge in [0.1, 0.15) is 0 Å². The lowest BCUT2D eigenvalue weighted by Crippen LogP contribution is -2.51. The van der Waals surface area contributed by atoms with Gasteiger partial charge in [-0.1, -0.05) is 12.1 Å². The van der Waals surface area contributed by atoms with Gasteiger partial charge in [0.2, 0.25) is 5.91 Å². The van der Waals surface area contributed by atoms with Crippen LogP contribution in [0.4, 0.5) is 5.69 Å². The zero-order valence-corrected chi connectivity index (χ0v) is 16.2. The highest BCUT2D eigenvalue weighted by Crippen LogP contribution is 2.22. The average Bonchev–Trinajstić information content (AvgIpc) is 2.66. The molecule has 0 unspecified atom stereocenters. The molecule has 0 aliphatic carbocycles. The SMILES string of the molecule is C[C@@H]1CN(C(=O)C2CCN(CCc3ccc([N+](=O)[O-])cc3)CC2)C[C@H](C)O1. The first-order chi connectivity index (χ1) is 12.9. The number of hydrogen-bond donors (Lipinski definition) is 0. The van der Waals surface area contributed by atoms with E-state index in [-0.39, 0.29) is 34.6 Å². The van der Waals surface area contributed by atoms with Gasteiger partial charge in [0, 0.05) is 37.7 Å². The third-order valence-corrected chi connectivity index (χ3v) is 5.53. The van der Waals surface area contributed by atoms with E-state index in [1.54, 1.807) is 12.1 Å². The molecule has 0 aromatic heterocycles. The van der Waals surface area contributed by atoms with E-state index in [4.69, 9.17) is 4.74 Å². The maximum atomic E-state index is 12.8. The van der Waals surface area contributed by atoms with Gasteiger partial charge in [0.15, 0.2) is 0 Å². The van der Waals surface area contributed by atoms with Crippen LogP contribution in [0.2, 0.25) is 0 Å². The number of nitro benzene ring substituents is 1. The fraction of sp³-hybridized carbons (Fsp3) is 0.650. The molecule has 2 heterocycles. The minimum Gasteiger partial charge on any atom is -0.372 e. The molecular weight excluding hydrogens is 346 g/mol. The first kappa shape index (κ1) is 19.8. The van der Waals surface area contributed by atoms with Crippen molar-refractivity contribution in [3.05, 3.63) is 39.9 Å². The highest BCUT2D eigenvalue weighted by molar-refractivity contribution is 5.79. The van der Waals surface area contributed by atoms with Crippen molar-refractivity contribution in [2.24, 2.45) is 5.92 Å². The summed E-state index contributed by atoms with van der Waals surface area (Å²) in [5.41, 5.74) is 1.24. The van der Waals surface area contributed by atoms with Crippen LogP contribution in [0.1, 0.15) is 32.3 Å². The van der Waals surface area contributed by atoms with Gasteiger partial charge in [0.25, 0.3) is 5.69 Å². The molecule has 0 bridgehead atoms. The molecule has 3 rings (SSSR count). The molecule has 148 valence electrons. The molecule has 2 atom stereocenters. The quantitative estimate of drug-likeness (QED) is 0.584. The van der Waals surface area contributed by atoms with Crippen LogP contribution in [-0.4, -0.2) is 65.6 Å². The zero-order chi connectivity index (χ0) is 19.4. The Kier molecular flexibility index (Phi) is 6.44. The van der Waals surface area contributed by atoms with Crippen LogP contribution in [-0.2, 0) is 16.0 Å². The Morgan fingerprint density at radius 3 is 2.30 bits per heavy atom. The second-order valence-electron chi connectivity index (χ2n) is 7.79. The minimum atomic E-state index is -0.373. The summed E-state index contributed by atoms with van der Waals surface area (Å²) < 4.78 is 5.73. The Balaban J connectivity index is 1.43. The van der Waals surface area contributed by atoms with Crippen molar-refractivity contribution < 1.29 is 14.5 Å². The lowest BCUT2D eigenvalue weighted by Gasteiger charge is -2.39. The molecule has 1 aromatic rings. The van der Waals surface area contributed by atoms with Gasteiger partial charge in [-0.3, -0.25) is 14.9 Å². The lowest BCUT2D eigenvalue weighted by molar-refractivity contribution is -0.384. The smallest absolute Gasteiger partial charge is 0.269 e. The van der Waals surface area contributed by atoms with E-state index in [0.29, 0.717) is 13.1 Å². The van der Waals surface area contributed by atoms with E-state index in [1.165, 1.54) is 0 Å². The van der Waals surface area contributed by atoms with Crippen LogP contribution in [0.15, 0.2) is 24.3 Å². The summed E-state index contributed by atoms with van der Waals surface area (Å²) in [6.45, 7) is 8.22. The summed E-state index contributed by atoms with van der Waals surface area (Å²) >= 11 is 0. The zero-order valence-electron chi connectivity index (χ0n) is 16.2. The summed E-state index contributed by atoms with van der Waals surface area (Å²) in [7, 11) is 0. The highest BCUT2D eigenvalue weighted by Gasteiger charge is 2.32. The van der Waals surface area contributed by atoms with Crippen LogP contribution < -0.4 is 0 Å². The molecule has 0 spiro atoms. The highest BCUT2D eigenvalue weighted by atomic mass is 16.6. The number of likely N-dealkylation sites (tertiary alicyclic amines) is 1. The fourth-order valence-electron chi connectivity index (χ4n) is 4.09. The minimum absolute atomic E-state index is 0.111. The third kappa shape index (κ3) is 5.26. The maximum Gasteiger partial charge on any atom is 0.269 e. The molecule has 1 aromatic carbocycles. The maximum absolute atomic E-state index is 12.8. The molecule has 1 amide bonds. The molecule has 0 saturated carbocycles. The van der Waals surface area contributed by atoms with E-state index in [2.05, 4.69) is 4.90 Å². The largest absolute Gasteiger partial charge is 0.372 e. The molecule has 7 heteroatoms. The molecule has 7 nitrogen and oxygen atoms in total. The fourth-order valence-corrected chi connectivity index (χ4v) is 4.09. The standard InChI is InChI=1S/C20H29N3O4/c1-15-13-22(14-16(2)27-15)20(24)18-8-11-21(12-9-18)10-7-17-3-5-19(6-4-17)23(25)26/h3-6,15-16,18H,7-14H2,1-2H3/t15-,16+. The Labute approximate surface area is 160 Å². The number of amides is 1. The second-order valence-corrected chi connectivity index (χ2v) is 7.79. The van der Waals surface area contributed by atoms with E-state index in [1.807, 2.05) is 30.9 Å². The van der Waals surface area contributed by atoms with Gasteiger partial charge in [-0.25, -0.2) is 0 Å². The predicted molar refractivity (Wildman–Crippen MR) is 103 cm³/mol.